The lowest BCUT2D eigenvalue weighted by Gasteiger charge is -2.23. The Labute approximate surface area is 240 Å². The maximum absolute atomic E-state index is 5.88. The molecule has 3 aromatic carbocycles. The minimum Gasteiger partial charge on any atom is -0.496 e. The van der Waals surface area contributed by atoms with Crippen LogP contribution >= 0.6 is 0 Å². The first-order valence-corrected chi connectivity index (χ1v) is 14.5. The van der Waals surface area contributed by atoms with Gasteiger partial charge < -0.3 is 19.7 Å². The molecule has 0 radical (unpaired) electrons. The highest BCUT2D eigenvalue weighted by Gasteiger charge is 2.14. The van der Waals surface area contributed by atoms with Crippen LogP contribution in [-0.4, -0.2) is 37.2 Å². The fourth-order valence-electron chi connectivity index (χ4n) is 4.78. The van der Waals surface area contributed by atoms with Crippen LogP contribution in [0, 0.1) is 6.92 Å². The van der Waals surface area contributed by atoms with Crippen LogP contribution in [0.25, 0.3) is 10.9 Å². The van der Waals surface area contributed by atoms with E-state index in [1.165, 1.54) is 43.2 Å². The first-order chi connectivity index (χ1) is 19.5. The molecule has 1 aliphatic rings. The molecule has 6 heteroatoms. The van der Waals surface area contributed by atoms with E-state index in [4.69, 9.17) is 9.47 Å². The van der Waals surface area contributed by atoms with Crippen molar-refractivity contribution >= 4 is 16.7 Å². The van der Waals surface area contributed by atoms with Gasteiger partial charge in [0.2, 0.25) is 0 Å². The minimum atomic E-state index is 0.573. The molecule has 40 heavy (non-hydrogen) atoms. The summed E-state index contributed by atoms with van der Waals surface area (Å²) in [7, 11) is 5.71. The number of methoxy groups -OCH3 is 1. The molecule has 0 spiro atoms. The Morgan fingerprint density at radius 3 is 2.27 bits per heavy atom. The van der Waals surface area contributed by atoms with Gasteiger partial charge in [0.15, 0.2) is 0 Å². The van der Waals surface area contributed by atoms with Crippen LogP contribution < -0.4 is 19.7 Å². The predicted molar refractivity (Wildman–Crippen MR) is 167 cm³/mol. The molecule has 1 saturated carbocycles. The van der Waals surface area contributed by atoms with Crippen molar-refractivity contribution in [2.75, 3.05) is 26.1 Å². The molecule has 0 aliphatic heterocycles. The molecular weight excluding hydrogens is 496 g/mol. The van der Waals surface area contributed by atoms with E-state index in [9.17, 15) is 0 Å². The molecule has 0 bridgehead atoms. The first kappa shape index (κ1) is 30.9. The molecule has 214 valence electrons. The lowest BCUT2D eigenvalue weighted by molar-refractivity contribution is 0.303. The van der Waals surface area contributed by atoms with Crippen molar-refractivity contribution in [3.05, 3.63) is 89.7 Å². The number of aromatic nitrogens is 2. The maximum atomic E-state index is 5.88. The second kappa shape index (κ2) is 16.5. The van der Waals surface area contributed by atoms with Crippen molar-refractivity contribution in [1.29, 1.82) is 0 Å². The van der Waals surface area contributed by atoms with Gasteiger partial charge in [0.1, 0.15) is 29.7 Å². The second-order valence-corrected chi connectivity index (χ2v) is 9.97. The summed E-state index contributed by atoms with van der Waals surface area (Å²) < 4.78 is 11.4. The highest BCUT2D eigenvalue weighted by atomic mass is 16.5. The number of fused-ring (bicyclic) bond motifs is 1. The van der Waals surface area contributed by atoms with Gasteiger partial charge in [-0.05, 0) is 43.5 Å². The lowest BCUT2D eigenvalue weighted by Crippen LogP contribution is -2.30. The quantitative estimate of drug-likeness (QED) is 0.246. The fraction of sp³-hybridized carbons (Fsp3) is 0.412. The van der Waals surface area contributed by atoms with E-state index < -0.39 is 0 Å². The fourth-order valence-corrected chi connectivity index (χ4v) is 4.78. The monoisotopic (exact) mass is 542 g/mol. The van der Waals surface area contributed by atoms with Crippen molar-refractivity contribution < 1.29 is 9.47 Å². The molecule has 5 rings (SSSR count). The summed E-state index contributed by atoms with van der Waals surface area (Å²) in [4.78, 5) is 10.8. The summed E-state index contributed by atoms with van der Waals surface area (Å²) in [6.07, 6.45) is 6.66. The van der Waals surface area contributed by atoms with Gasteiger partial charge in [-0.3, -0.25) is 0 Å². The molecule has 0 unspecified atom stereocenters. The van der Waals surface area contributed by atoms with Crippen molar-refractivity contribution in [1.82, 2.24) is 15.3 Å². The number of hydrogen-bond acceptors (Lipinski definition) is 6. The van der Waals surface area contributed by atoms with Gasteiger partial charge in [-0.25, -0.2) is 9.97 Å². The number of rotatable bonds is 8. The zero-order valence-corrected chi connectivity index (χ0v) is 25.1. The SMILES string of the molecule is CC.COc1cc(OCc2ccccc2)ccc1CNC1CCCCC1.Cc1nc(N(C)C)c2ccccc2n1. The Balaban J connectivity index is 0.000000234. The van der Waals surface area contributed by atoms with E-state index in [0.717, 1.165) is 40.6 Å². The summed E-state index contributed by atoms with van der Waals surface area (Å²) in [5.74, 6) is 3.53. The van der Waals surface area contributed by atoms with E-state index in [1.807, 2.05) is 94.4 Å². The molecule has 1 fully saturated rings. The Morgan fingerprint density at radius 1 is 0.875 bits per heavy atom. The molecule has 1 aromatic heterocycles. The third-order valence-corrected chi connectivity index (χ3v) is 6.81. The average molecular weight is 543 g/mol. The van der Waals surface area contributed by atoms with Crippen LogP contribution in [0.3, 0.4) is 0 Å². The molecule has 1 aliphatic carbocycles. The number of hydrogen-bond donors (Lipinski definition) is 1. The Kier molecular flexibility index (Phi) is 12.7. The topological polar surface area (TPSA) is 59.5 Å². The zero-order chi connectivity index (χ0) is 28.7. The van der Waals surface area contributed by atoms with Gasteiger partial charge in [0.25, 0.3) is 0 Å². The zero-order valence-electron chi connectivity index (χ0n) is 25.1. The van der Waals surface area contributed by atoms with E-state index in [-0.39, 0.29) is 0 Å². The third-order valence-electron chi connectivity index (χ3n) is 6.81. The molecule has 1 N–H and O–H groups in total. The normalized spacial score (nSPS) is 12.9. The predicted octanol–water partition coefficient (Wildman–Crippen LogP) is 7.73. The largest absolute Gasteiger partial charge is 0.496 e. The summed E-state index contributed by atoms with van der Waals surface area (Å²) in [6.45, 7) is 7.34. The van der Waals surface area contributed by atoms with E-state index in [2.05, 4.69) is 33.5 Å². The summed E-state index contributed by atoms with van der Waals surface area (Å²) in [5, 5.41) is 4.77. The van der Waals surface area contributed by atoms with Crippen LogP contribution in [0.1, 0.15) is 62.9 Å². The Morgan fingerprint density at radius 2 is 1.57 bits per heavy atom. The number of nitrogens with one attached hydrogen (secondary N) is 1. The summed E-state index contributed by atoms with van der Waals surface area (Å²) >= 11 is 0. The Bertz CT molecular complexity index is 1290. The number of nitrogens with zero attached hydrogens (tertiary/aromatic N) is 3. The number of anilines is 1. The molecule has 0 atom stereocenters. The number of ether oxygens (including phenoxy) is 2. The molecule has 1 heterocycles. The van der Waals surface area contributed by atoms with E-state index in [1.54, 1.807) is 7.11 Å². The first-order valence-electron chi connectivity index (χ1n) is 14.5. The molecular formula is C34H46N4O2. The van der Waals surface area contributed by atoms with Crippen LogP contribution in [-0.2, 0) is 13.2 Å². The number of para-hydroxylation sites is 1. The second-order valence-electron chi connectivity index (χ2n) is 9.97. The molecule has 6 nitrogen and oxygen atoms in total. The summed E-state index contributed by atoms with van der Waals surface area (Å²) in [6, 6.07) is 25.0. The smallest absolute Gasteiger partial charge is 0.139 e. The highest BCUT2D eigenvalue weighted by molar-refractivity contribution is 5.89. The van der Waals surface area contributed by atoms with Crippen LogP contribution in [0.2, 0.25) is 0 Å². The maximum Gasteiger partial charge on any atom is 0.139 e. The van der Waals surface area contributed by atoms with Gasteiger partial charge in [0, 0.05) is 43.7 Å². The van der Waals surface area contributed by atoms with E-state index >= 15 is 0 Å². The van der Waals surface area contributed by atoms with Gasteiger partial charge in [-0.2, -0.15) is 0 Å². The van der Waals surface area contributed by atoms with Gasteiger partial charge in [0.05, 0.1) is 12.6 Å². The number of benzene rings is 3. The minimum absolute atomic E-state index is 0.573. The standard InChI is InChI=1S/C21H27NO2.C11H13N3.C2H6/c1-23-21-14-20(24-16-17-8-4-2-5-9-17)13-12-18(21)15-22-19-10-6-3-7-11-19;1-8-12-10-7-5-4-6-9(10)11(13-8)14(2)3;1-2/h2,4-5,8-9,12-14,19,22H,3,6-7,10-11,15-16H2,1H3;4-7H,1-3H3;1-2H3. The van der Waals surface area contributed by atoms with Crippen molar-refractivity contribution in [3.63, 3.8) is 0 Å². The highest BCUT2D eigenvalue weighted by Crippen LogP contribution is 2.26. The van der Waals surface area contributed by atoms with Gasteiger partial charge >= 0.3 is 0 Å². The molecule has 4 aromatic rings. The molecule has 0 amide bonds. The van der Waals surface area contributed by atoms with Crippen LogP contribution in [0.15, 0.2) is 72.8 Å². The van der Waals surface area contributed by atoms with Crippen molar-refractivity contribution in [3.8, 4) is 11.5 Å². The van der Waals surface area contributed by atoms with Crippen LogP contribution in [0.5, 0.6) is 11.5 Å². The van der Waals surface area contributed by atoms with Crippen molar-refractivity contribution in [2.45, 2.75) is 72.1 Å². The van der Waals surface area contributed by atoms with Crippen molar-refractivity contribution in [2.24, 2.45) is 0 Å². The van der Waals surface area contributed by atoms with Gasteiger partial charge in [-0.15, -0.1) is 0 Å². The molecule has 0 saturated heterocycles. The van der Waals surface area contributed by atoms with Crippen LogP contribution in [0.4, 0.5) is 5.82 Å². The third kappa shape index (κ3) is 9.23. The van der Waals surface area contributed by atoms with E-state index in [0.29, 0.717) is 12.6 Å². The average Bonchev–Trinajstić information content (AvgIpc) is 3.01. The lowest BCUT2D eigenvalue weighted by atomic mass is 9.95. The Hall–Kier alpha value is -3.64. The summed E-state index contributed by atoms with van der Waals surface area (Å²) in [5.41, 5.74) is 3.36. The van der Waals surface area contributed by atoms with Gasteiger partial charge in [-0.1, -0.05) is 81.6 Å². The number of aryl methyl sites for hydroxylation is 1.